The third-order valence-electron chi connectivity index (χ3n) is 4.64. The molecular weight excluding hydrogens is 416 g/mol. The van der Waals surface area contributed by atoms with Crippen molar-refractivity contribution in [1.29, 1.82) is 0 Å². The number of carbonyl (C=O) groups excluding carboxylic acids is 3. The molecule has 168 valence electrons. The van der Waals surface area contributed by atoms with Gasteiger partial charge in [-0.3, -0.25) is 14.4 Å². The second-order valence-corrected chi connectivity index (χ2v) is 6.83. The van der Waals surface area contributed by atoms with Crippen molar-refractivity contribution in [3.63, 3.8) is 0 Å². The highest BCUT2D eigenvalue weighted by Gasteiger charge is 2.26. The third-order valence-corrected chi connectivity index (χ3v) is 4.64. The minimum absolute atomic E-state index is 0.0785. The first kappa shape index (κ1) is 22.6. The van der Waals surface area contributed by atoms with Gasteiger partial charge in [-0.15, -0.1) is 0 Å². The van der Waals surface area contributed by atoms with Crippen LogP contribution in [0.2, 0.25) is 0 Å². The number of ether oxygens (including phenoxy) is 3. The maximum absolute atomic E-state index is 12.6. The molecular formula is C22H24N4O6. The van der Waals surface area contributed by atoms with Crippen LogP contribution in [-0.4, -0.2) is 56.3 Å². The molecule has 1 aliphatic heterocycles. The number of benzene rings is 2. The molecule has 10 heteroatoms. The number of hydrazone groups is 1. The molecule has 2 N–H and O–H groups in total. The Kier molecular flexibility index (Phi) is 7.27. The number of nitrogens with zero attached hydrogens (tertiary/aromatic N) is 2. The smallest absolute Gasteiger partial charge is 0.271 e. The molecule has 0 aliphatic carbocycles. The maximum Gasteiger partial charge on any atom is 0.271 e. The molecule has 1 aliphatic rings. The molecule has 1 heterocycles. The van der Waals surface area contributed by atoms with Crippen LogP contribution in [0.1, 0.15) is 12.8 Å². The Morgan fingerprint density at radius 2 is 1.50 bits per heavy atom. The molecule has 0 unspecified atom stereocenters. The zero-order valence-electron chi connectivity index (χ0n) is 18.0. The van der Waals surface area contributed by atoms with Crippen LogP contribution in [0.3, 0.4) is 0 Å². The molecule has 3 amide bonds. The van der Waals surface area contributed by atoms with Gasteiger partial charge < -0.3 is 24.8 Å². The summed E-state index contributed by atoms with van der Waals surface area (Å²) < 4.78 is 15.4. The van der Waals surface area contributed by atoms with Gasteiger partial charge >= 0.3 is 0 Å². The number of amides is 3. The SMILES string of the molecule is COc1ccc(NC(=O)C2=NN(CC(=O)Nc3cc(OC)cc(OC)c3)C(=O)CC2)cc1. The minimum atomic E-state index is -0.478. The first-order valence-electron chi connectivity index (χ1n) is 9.78. The summed E-state index contributed by atoms with van der Waals surface area (Å²) in [6.07, 6.45) is 0.265. The number of carbonyl (C=O) groups is 3. The van der Waals surface area contributed by atoms with Crippen LogP contribution in [0.15, 0.2) is 47.6 Å². The van der Waals surface area contributed by atoms with Crippen molar-refractivity contribution in [2.24, 2.45) is 5.10 Å². The zero-order chi connectivity index (χ0) is 23.1. The lowest BCUT2D eigenvalue weighted by Crippen LogP contribution is -2.40. The van der Waals surface area contributed by atoms with Crippen LogP contribution in [0.4, 0.5) is 11.4 Å². The van der Waals surface area contributed by atoms with Crippen molar-refractivity contribution in [1.82, 2.24) is 5.01 Å². The number of methoxy groups -OCH3 is 3. The van der Waals surface area contributed by atoms with E-state index in [9.17, 15) is 14.4 Å². The average molecular weight is 440 g/mol. The van der Waals surface area contributed by atoms with Crippen LogP contribution >= 0.6 is 0 Å². The van der Waals surface area contributed by atoms with E-state index in [2.05, 4.69) is 15.7 Å². The topological polar surface area (TPSA) is 119 Å². The van der Waals surface area contributed by atoms with E-state index < -0.39 is 11.8 Å². The van der Waals surface area contributed by atoms with E-state index >= 15 is 0 Å². The van der Waals surface area contributed by atoms with Crippen LogP contribution in [0.25, 0.3) is 0 Å². The van der Waals surface area contributed by atoms with E-state index in [-0.39, 0.29) is 31.0 Å². The Morgan fingerprint density at radius 1 is 0.875 bits per heavy atom. The molecule has 0 fully saturated rings. The number of anilines is 2. The number of rotatable bonds is 8. The molecule has 0 saturated heterocycles. The van der Waals surface area contributed by atoms with Gasteiger partial charge in [-0.1, -0.05) is 0 Å². The highest BCUT2D eigenvalue weighted by Crippen LogP contribution is 2.26. The maximum atomic E-state index is 12.6. The third kappa shape index (κ3) is 5.75. The van der Waals surface area contributed by atoms with Gasteiger partial charge in [0.1, 0.15) is 29.5 Å². The van der Waals surface area contributed by atoms with Gasteiger partial charge in [0.05, 0.1) is 21.3 Å². The summed E-state index contributed by atoms with van der Waals surface area (Å²) in [7, 11) is 4.55. The number of hydrogen-bond acceptors (Lipinski definition) is 7. The van der Waals surface area contributed by atoms with Crippen LogP contribution in [0, 0.1) is 0 Å². The molecule has 0 aromatic heterocycles. The molecule has 2 aromatic rings. The largest absolute Gasteiger partial charge is 0.497 e. The summed E-state index contributed by atoms with van der Waals surface area (Å²) in [5, 5.41) is 10.5. The van der Waals surface area contributed by atoms with Crippen molar-refractivity contribution in [3.8, 4) is 17.2 Å². The highest BCUT2D eigenvalue weighted by molar-refractivity contribution is 6.43. The fraction of sp³-hybridized carbons (Fsp3) is 0.273. The van der Waals surface area contributed by atoms with E-state index in [1.807, 2.05) is 0 Å². The minimum Gasteiger partial charge on any atom is -0.497 e. The van der Waals surface area contributed by atoms with Gasteiger partial charge in [0, 0.05) is 42.4 Å². The number of nitrogens with one attached hydrogen (secondary N) is 2. The number of hydrogen-bond donors (Lipinski definition) is 2. The molecule has 32 heavy (non-hydrogen) atoms. The van der Waals surface area contributed by atoms with Gasteiger partial charge in [0.15, 0.2) is 0 Å². The van der Waals surface area contributed by atoms with Crippen LogP contribution < -0.4 is 24.8 Å². The second kappa shape index (κ2) is 10.3. The Hall–Kier alpha value is -4.08. The highest BCUT2D eigenvalue weighted by atomic mass is 16.5. The Morgan fingerprint density at radius 3 is 2.09 bits per heavy atom. The lowest BCUT2D eigenvalue weighted by Gasteiger charge is -2.22. The molecule has 10 nitrogen and oxygen atoms in total. The van der Waals surface area contributed by atoms with Crippen molar-refractivity contribution in [2.75, 3.05) is 38.5 Å². The molecule has 0 saturated carbocycles. The van der Waals surface area contributed by atoms with Gasteiger partial charge in [0.2, 0.25) is 11.8 Å². The molecule has 0 atom stereocenters. The Bertz CT molecular complexity index is 1010. The van der Waals surface area contributed by atoms with Crippen molar-refractivity contribution in [3.05, 3.63) is 42.5 Å². The molecule has 0 spiro atoms. The predicted octanol–water partition coefficient (Wildman–Crippen LogP) is 2.27. The first-order valence-corrected chi connectivity index (χ1v) is 9.78. The van der Waals surface area contributed by atoms with E-state index in [1.54, 1.807) is 49.6 Å². The summed E-state index contributed by atoms with van der Waals surface area (Å²) in [5.41, 5.74) is 1.17. The van der Waals surface area contributed by atoms with Gasteiger partial charge in [0.25, 0.3) is 5.91 Å². The molecule has 2 aromatic carbocycles. The zero-order valence-corrected chi connectivity index (χ0v) is 18.0. The summed E-state index contributed by atoms with van der Waals surface area (Å²) in [4.78, 5) is 37.3. The molecule has 3 rings (SSSR count). The van der Waals surface area contributed by atoms with Crippen LogP contribution in [0.5, 0.6) is 17.2 Å². The summed E-state index contributed by atoms with van der Waals surface area (Å²) in [5.74, 6) is 0.409. The fourth-order valence-electron chi connectivity index (χ4n) is 2.98. The fourth-order valence-corrected chi connectivity index (χ4v) is 2.98. The first-order chi connectivity index (χ1) is 15.4. The second-order valence-electron chi connectivity index (χ2n) is 6.83. The normalized spacial score (nSPS) is 13.2. The van der Waals surface area contributed by atoms with Crippen LogP contribution in [-0.2, 0) is 14.4 Å². The van der Waals surface area contributed by atoms with E-state index in [0.717, 1.165) is 5.01 Å². The van der Waals surface area contributed by atoms with Crippen molar-refractivity contribution < 1.29 is 28.6 Å². The molecule has 0 radical (unpaired) electrons. The lowest BCUT2D eigenvalue weighted by molar-refractivity contribution is -0.135. The van der Waals surface area contributed by atoms with Crippen molar-refractivity contribution in [2.45, 2.75) is 12.8 Å². The van der Waals surface area contributed by atoms with Gasteiger partial charge in [-0.05, 0) is 24.3 Å². The summed E-state index contributed by atoms with van der Waals surface area (Å²) in [6, 6.07) is 11.7. The van der Waals surface area contributed by atoms with E-state index in [1.165, 1.54) is 14.2 Å². The summed E-state index contributed by atoms with van der Waals surface area (Å²) >= 11 is 0. The van der Waals surface area contributed by atoms with Gasteiger partial charge in [-0.25, -0.2) is 5.01 Å². The standard InChI is InChI=1S/C22H24N4O6/c1-30-16-6-4-14(5-7-16)24-22(29)19-8-9-21(28)26(25-19)13-20(27)23-15-10-17(31-2)12-18(11-15)32-3/h4-7,10-12H,8-9,13H2,1-3H3,(H,23,27)(H,24,29). The van der Waals surface area contributed by atoms with Crippen molar-refractivity contribution >= 4 is 34.8 Å². The predicted molar refractivity (Wildman–Crippen MR) is 118 cm³/mol. The Labute approximate surface area is 185 Å². The lowest BCUT2D eigenvalue weighted by atomic mass is 10.1. The quantitative estimate of drug-likeness (QED) is 0.650. The molecule has 0 bridgehead atoms. The monoisotopic (exact) mass is 440 g/mol. The van der Waals surface area contributed by atoms with Gasteiger partial charge in [-0.2, -0.15) is 5.10 Å². The van der Waals surface area contributed by atoms with E-state index in [0.29, 0.717) is 28.6 Å². The summed E-state index contributed by atoms with van der Waals surface area (Å²) in [6.45, 7) is -0.336. The Balaban J connectivity index is 1.66. The average Bonchev–Trinajstić information content (AvgIpc) is 2.80. The van der Waals surface area contributed by atoms with E-state index in [4.69, 9.17) is 14.2 Å².